The predicted molar refractivity (Wildman–Crippen MR) is 76.9 cm³/mol. The Morgan fingerprint density at radius 3 is 3.00 bits per heavy atom. The van der Waals surface area contributed by atoms with Crippen molar-refractivity contribution in [3.63, 3.8) is 0 Å². The van der Waals surface area contributed by atoms with Crippen molar-refractivity contribution in [2.45, 2.75) is 52.2 Å². The van der Waals surface area contributed by atoms with Crippen LogP contribution in [0.3, 0.4) is 0 Å². The number of ether oxygens (including phenoxy) is 3. The summed E-state index contributed by atoms with van der Waals surface area (Å²) in [6.45, 7) is 5.56. The van der Waals surface area contributed by atoms with Gasteiger partial charge in [-0.3, -0.25) is 0 Å². The van der Waals surface area contributed by atoms with Crippen LogP contribution in [0.1, 0.15) is 46.0 Å². The lowest BCUT2D eigenvalue weighted by Gasteiger charge is -2.22. The van der Waals surface area contributed by atoms with Crippen LogP contribution in [0, 0.1) is 11.8 Å². The maximum atomic E-state index is 11.0. The van der Waals surface area contributed by atoms with Crippen molar-refractivity contribution in [2.75, 3.05) is 19.8 Å². The normalized spacial score (nSPS) is 19.1. The second-order valence-electron chi connectivity index (χ2n) is 4.72. The molecule has 0 aromatic rings. The van der Waals surface area contributed by atoms with Gasteiger partial charge in [0.2, 0.25) is 0 Å². The minimum absolute atomic E-state index is 0.0456. The van der Waals surface area contributed by atoms with Crippen molar-refractivity contribution < 1.29 is 19.0 Å². The number of hydrogen-bond donors (Lipinski definition) is 0. The van der Waals surface area contributed by atoms with Crippen LogP contribution in [-0.2, 0) is 19.0 Å². The van der Waals surface area contributed by atoms with E-state index in [-0.39, 0.29) is 6.29 Å². The number of carbonyl (C=O) groups is 1. The quantitative estimate of drug-likeness (QED) is 0.247. The third kappa shape index (κ3) is 7.98. The topological polar surface area (TPSA) is 44.8 Å². The molecule has 112 valence electrons. The first-order valence-electron chi connectivity index (χ1n) is 7.27. The van der Waals surface area contributed by atoms with Crippen molar-refractivity contribution in [3.8, 4) is 11.8 Å². The first kappa shape index (κ1) is 16.7. The molecule has 1 atom stereocenters. The average Bonchev–Trinajstić information content (AvgIpc) is 2.46. The Balaban J connectivity index is 2.13. The van der Waals surface area contributed by atoms with Crippen LogP contribution in [0.4, 0.5) is 0 Å². The van der Waals surface area contributed by atoms with Crippen LogP contribution in [0.2, 0.25) is 0 Å². The molecule has 0 spiro atoms. The van der Waals surface area contributed by atoms with Crippen molar-refractivity contribution >= 4 is 5.97 Å². The van der Waals surface area contributed by atoms with Gasteiger partial charge in [0.15, 0.2) is 6.29 Å². The van der Waals surface area contributed by atoms with Crippen LogP contribution >= 0.6 is 0 Å². The summed E-state index contributed by atoms with van der Waals surface area (Å²) in [4.78, 5) is 11.0. The van der Waals surface area contributed by atoms with Crippen molar-refractivity contribution in [3.05, 3.63) is 11.6 Å². The monoisotopic (exact) mass is 280 g/mol. The molecule has 1 rings (SSSR count). The van der Waals surface area contributed by atoms with Gasteiger partial charge in [0, 0.05) is 18.9 Å². The molecule has 4 nitrogen and oxygen atoms in total. The molecule has 4 heteroatoms. The Bertz CT molecular complexity index is 370. The van der Waals surface area contributed by atoms with Gasteiger partial charge in [-0.25, -0.2) is 4.79 Å². The fourth-order valence-corrected chi connectivity index (χ4v) is 1.82. The van der Waals surface area contributed by atoms with Gasteiger partial charge in [-0.2, -0.15) is 0 Å². The standard InChI is InChI=1S/C16H24O4/c1-3-18-15(17)10-6-4-5-9-14(2)13-20-16-11-7-8-12-19-16/h9,16H,3-5,7-8,11-13H2,1-2H3. The van der Waals surface area contributed by atoms with Crippen molar-refractivity contribution in [1.82, 2.24) is 0 Å². The molecule has 20 heavy (non-hydrogen) atoms. The fourth-order valence-electron chi connectivity index (χ4n) is 1.82. The molecule has 0 aliphatic carbocycles. The van der Waals surface area contributed by atoms with E-state index in [1.54, 1.807) is 6.92 Å². The van der Waals surface area contributed by atoms with E-state index >= 15 is 0 Å². The van der Waals surface area contributed by atoms with Crippen LogP contribution < -0.4 is 0 Å². The van der Waals surface area contributed by atoms with Gasteiger partial charge in [-0.15, -0.1) is 0 Å². The number of allylic oxidation sites excluding steroid dienone is 1. The Morgan fingerprint density at radius 1 is 1.45 bits per heavy atom. The van der Waals surface area contributed by atoms with Gasteiger partial charge in [0.25, 0.3) is 0 Å². The average molecular weight is 280 g/mol. The summed E-state index contributed by atoms with van der Waals surface area (Å²) < 4.78 is 15.9. The van der Waals surface area contributed by atoms with E-state index < -0.39 is 5.97 Å². The molecule has 0 aromatic carbocycles. The number of carbonyl (C=O) groups excluding carboxylic acids is 1. The number of hydrogen-bond acceptors (Lipinski definition) is 4. The Kier molecular flexibility index (Phi) is 8.77. The summed E-state index contributed by atoms with van der Waals surface area (Å²) in [5.41, 5.74) is 1.16. The zero-order valence-electron chi connectivity index (χ0n) is 12.4. The number of rotatable bonds is 6. The van der Waals surface area contributed by atoms with Gasteiger partial charge in [-0.1, -0.05) is 17.6 Å². The minimum Gasteiger partial charge on any atom is -0.456 e. The largest absolute Gasteiger partial charge is 0.456 e. The third-order valence-electron chi connectivity index (χ3n) is 2.86. The summed E-state index contributed by atoms with van der Waals surface area (Å²) in [5.74, 6) is 4.79. The molecule has 0 saturated carbocycles. The smallest absolute Gasteiger partial charge is 0.384 e. The Hall–Kier alpha value is -1.31. The van der Waals surface area contributed by atoms with E-state index in [2.05, 4.69) is 17.9 Å². The van der Waals surface area contributed by atoms with Gasteiger partial charge in [0.1, 0.15) is 0 Å². The molecule has 0 radical (unpaired) electrons. The zero-order valence-corrected chi connectivity index (χ0v) is 12.4. The number of unbranched alkanes of at least 4 members (excludes halogenated alkanes) is 1. The van der Waals surface area contributed by atoms with Gasteiger partial charge >= 0.3 is 5.97 Å². The van der Waals surface area contributed by atoms with E-state index in [4.69, 9.17) is 14.2 Å². The molecular weight excluding hydrogens is 256 g/mol. The SMILES string of the molecule is CCOC(=O)C#CCCC=C(C)COC1CCCCO1. The maximum Gasteiger partial charge on any atom is 0.384 e. The van der Waals surface area contributed by atoms with Crippen molar-refractivity contribution in [2.24, 2.45) is 0 Å². The summed E-state index contributed by atoms with van der Waals surface area (Å²) in [5, 5.41) is 0. The highest BCUT2D eigenvalue weighted by Gasteiger charge is 2.13. The Labute approximate surface area is 121 Å². The number of esters is 1. The Morgan fingerprint density at radius 2 is 2.30 bits per heavy atom. The molecule has 0 bridgehead atoms. The highest BCUT2D eigenvalue weighted by molar-refractivity contribution is 5.88. The molecule has 0 aromatic heterocycles. The zero-order chi connectivity index (χ0) is 14.6. The molecule has 1 aliphatic rings. The van der Waals surface area contributed by atoms with Gasteiger partial charge in [-0.05, 0) is 39.5 Å². The molecule has 1 fully saturated rings. The van der Waals surface area contributed by atoms with E-state index in [1.807, 2.05) is 6.92 Å². The van der Waals surface area contributed by atoms with E-state index in [0.29, 0.717) is 19.6 Å². The van der Waals surface area contributed by atoms with Crippen LogP contribution in [0.5, 0.6) is 0 Å². The molecule has 1 heterocycles. The van der Waals surface area contributed by atoms with Crippen LogP contribution in [0.15, 0.2) is 11.6 Å². The first-order chi connectivity index (χ1) is 9.72. The summed E-state index contributed by atoms with van der Waals surface area (Å²) in [7, 11) is 0. The van der Waals surface area contributed by atoms with Crippen molar-refractivity contribution in [1.29, 1.82) is 0 Å². The molecule has 1 unspecified atom stereocenters. The lowest BCUT2D eigenvalue weighted by molar-refractivity contribution is -0.156. The lowest BCUT2D eigenvalue weighted by atomic mass is 10.2. The van der Waals surface area contributed by atoms with Gasteiger partial charge < -0.3 is 14.2 Å². The maximum absolute atomic E-state index is 11.0. The third-order valence-corrected chi connectivity index (χ3v) is 2.86. The molecular formula is C16H24O4. The van der Waals surface area contributed by atoms with Gasteiger partial charge in [0.05, 0.1) is 13.2 Å². The highest BCUT2D eigenvalue weighted by atomic mass is 16.7. The first-order valence-corrected chi connectivity index (χ1v) is 7.27. The predicted octanol–water partition coefficient (Wildman–Crippen LogP) is 2.82. The lowest BCUT2D eigenvalue weighted by Crippen LogP contribution is -2.22. The molecule has 0 amide bonds. The van der Waals surface area contributed by atoms with E-state index in [0.717, 1.165) is 31.4 Å². The minimum atomic E-state index is -0.453. The molecule has 0 N–H and O–H groups in total. The fraction of sp³-hybridized carbons (Fsp3) is 0.688. The molecule has 1 saturated heterocycles. The summed E-state index contributed by atoms with van der Waals surface area (Å²) in [6, 6.07) is 0. The molecule has 1 aliphatic heterocycles. The summed E-state index contributed by atoms with van der Waals surface area (Å²) >= 11 is 0. The van der Waals surface area contributed by atoms with Crippen LogP contribution in [-0.4, -0.2) is 32.1 Å². The second kappa shape index (κ2) is 10.5. The van der Waals surface area contributed by atoms with E-state index in [9.17, 15) is 4.79 Å². The summed E-state index contributed by atoms with van der Waals surface area (Å²) in [6.07, 6.45) is 6.80. The highest BCUT2D eigenvalue weighted by Crippen LogP contribution is 2.14. The van der Waals surface area contributed by atoms with E-state index in [1.165, 1.54) is 6.42 Å². The second-order valence-corrected chi connectivity index (χ2v) is 4.72. The van der Waals surface area contributed by atoms with Crippen LogP contribution in [0.25, 0.3) is 0 Å².